The largest absolute Gasteiger partial charge is 0.394 e. The van der Waals surface area contributed by atoms with Crippen molar-refractivity contribution >= 4 is 0 Å². The Kier molecular flexibility index (Phi) is 12.0. The highest BCUT2D eigenvalue weighted by Crippen LogP contribution is 2.71. The van der Waals surface area contributed by atoms with Crippen LogP contribution in [-0.2, 0) is 28.4 Å². The van der Waals surface area contributed by atoms with E-state index < -0.39 is 86.5 Å². The van der Waals surface area contributed by atoms with Crippen LogP contribution in [0.1, 0.15) is 92.4 Å². The fraction of sp³-hybridized carbons (Fsp3) is 1.00. The van der Waals surface area contributed by atoms with Crippen LogP contribution in [0.2, 0.25) is 0 Å². The van der Waals surface area contributed by atoms with Crippen LogP contribution in [0.3, 0.4) is 0 Å². The maximum Gasteiger partial charge on any atom is 0.187 e. The van der Waals surface area contributed by atoms with E-state index in [0.717, 1.165) is 51.4 Å². The second kappa shape index (κ2) is 15.6. The highest BCUT2D eigenvalue weighted by molar-refractivity contribution is 5.18. The molecule has 3 heterocycles. The molecule has 0 bridgehead atoms. The predicted molar refractivity (Wildman–Crippen MR) is 191 cm³/mol. The first-order valence-electron chi connectivity index (χ1n) is 20.7. The van der Waals surface area contributed by atoms with Gasteiger partial charge in [-0.05, 0) is 91.8 Å². The van der Waals surface area contributed by atoms with Crippen molar-refractivity contribution in [3.8, 4) is 0 Å². The third-order valence-corrected chi connectivity index (χ3v) is 16.0. The zero-order chi connectivity index (χ0) is 39.1. The minimum atomic E-state index is -1.73. The summed E-state index contributed by atoms with van der Waals surface area (Å²) >= 11 is 0. The van der Waals surface area contributed by atoms with Crippen LogP contribution in [-0.4, -0.2) is 147 Å². The van der Waals surface area contributed by atoms with Gasteiger partial charge in [-0.25, -0.2) is 0 Å². The highest BCUT2D eigenvalue weighted by atomic mass is 16.8. The molecule has 1 unspecified atom stereocenters. The van der Waals surface area contributed by atoms with Gasteiger partial charge in [0.05, 0.1) is 31.5 Å². The number of methoxy groups -OCH3 is 1. The lowest BCUT2D eigenvalue weighted by Gasteiger charge is -2.61. The Hall–Kier alpha value is -0.560. The summed E-state index contributed by atoms with van der Waals surface area (Å²) in [6, 6.07) is 0. The molecule has 54 heavy (non-hydrogen) atoms. The van der Waals surface area contributed by atoms with Gasteiger partial charge in [0, 0.05) is 25.4 Å². The van der Waals surface area contributed by atoms with E-state index in [2.05, 4.69) is 34.6 Å². The standard InChI is InChI=1S/C40H68O14/c1-18(2)9-14-40(49-6)19(3)26-34(54-40)30(45)27-22-8-7-20-15-21(10-12-38(20,4)23(22)11-13-39(26,27)5)50-37-35(32(47)29(44)25(17-42)52-37)53-36-33(48)31(46)28(43)24(16-41)51-36/h18-37,41-48H,7-17H2,1-6H3/t19-,20+,21-,22+,23-,24+,25+,26-,27+,28+,29-,30+,31-,32-,33+,34+,35+,36-,37+,38-,39+,40?/m0/s1. The fourth-order valence-electron chi connectivity index (χ4n) is 13.0. The average Bonchev–Trinajstić information content (AvgIpc) is 3.57. The lowest BCUT2D eigenvalue weighted by atomic mass is 9.44. The normalized spacial score (nSPS) is 55.9. The molecular formula is C40H68O14. The predicted octanol–water partition coefficient (Wildman–Crippen LogP) is 1.05. The van der Waals surface area contributed by atoms with Crippen molar-refractivity contribution in [1.29, 1.82) is 0 Å². The Morgan fingerprint density at radius 3 is 2.02 bits per heavy atom. The highest BCUT2D eigenvalue weighted by Gasteiger charge is 2.72. The molecule has 14 nitrogen and oxygen atoms in total. The number of hydrogen-bond donors (Lipinski definition) is 8. The maximum atomic E-state index is 12.2. The third kappa shape index (κ3) is 6.64. The molecule has 0 spiro atoms. The number of hydrogen-bond acceptors (Lipinski definition) is 14. The van der Waals surface area contributed by atoms with Crippen molar-refractivity contribution < 1.29 is 69.3 Å². The lowest BCUT2D eigenvalue weighted by molar-refractivity contribution is -0.373. The molecule has 0 radical (unpaired) electrons. The first-order chi connectivity index (χ1) is 25.5. The van der Waals surface area contributed by atoms with Crippen LogP contribution in [0.5, 0.6) is 0 Å². The van der Waals surface area contributed by atoms with Gasteiger partial charge in [-0.1, -0.05) is 34.6 Å². The number of fused-ring (bicyclic) bond motifs is 7. The molecule has 4 aliphatic carbocycles. The van der Waals surface area contributed by atoms with E-state index in [4.69, 9.17) is 28.4 Å². The van der Waals surface area contributed by atoms with Gasteiger partial charge in [-0.2, -0.15) is 0 Å². The van der Waals surface area contributed by atoms with Crippen LogP contribution >= 0.6 is 0 Å². The zero-order valence-corrected chi connectivity index (χ0v) is 32.9. The number of ether oxygens (including phenoxy) is 6. The fourth-order valence-corrected chi connectivity index (χ4v) is 13.0. The van der Waals surface area contributed by atoms with E-state index in [9.17, 15) is 40.9 Å². The van der Waals surface area contributed by atoms with Crippen LogP contribution in [0.4, 0.5) is 0 Å². The van der Waals surface area contributed by atoms with Crippen molar-refractivity contribution in [2.45, 2.75) is 178 Å². The summed E-state index contributed by atoms with van der Waals surface area (Å²) < 4.78 is 37.0. The number of aliphatic hydroxyl groups is 8. The molecule has 3 saturated heterocycles. The molecule has 7 aliphatic rings. The van der Waals surface area contributed by atoms with E-state index in [1.54, 1.807) is 7.11 Å². The van der Waals surface area contributed by atoms with Gasteiger partial charge in [0.2, 0.25) is 0 Å². The summed E-state index contributed by atoms with van der Waals surface area (Å²) in [7, 11) is 1.76. The summed E-state index contributed by atoms with van der Waals surface area (Å²) in [6.07, 6.45) is -7.60. The topological polar surface area (TPSA) is 217 Å². The zero-order valence-electron chi connectivity index (χ0n) is 32.9. The van der Waals surface area contributed by atoms with Crippen molar-refractivity contribution in [3.05, 3.63) is 0 Å². The third-order valence-electron chi connectivity index (χ3n) is 16.0. The first kappa shape index (κ1) is 41.6. The smallest absolute Gasteiger partial charge is 0.187 e. The average molecular weight is 773 g/mol. The van der Waals surface area contributed by atoms with Gasteiger partial charge in [-0.15, -0.1) is 0 Å². The van der Waals surface area contributed by atoms with Crippen molar-refractivity contribution in [1.82, 2.24) is 0 Å². The van der Waals surface area contributed by atoms with Crippen LogP contribution in [0.25, 0.3) is 0 Å². The van der Waals surface area contributed by atoms with Gasteiger partial charge in [0.1, 0.15) is 48.8 Å². The van der Waals surface area contributed by atoms with Gasteiger partial charge < -0.3 is 69.3 Å². The van der Waals surface area contributed by atoms with E-state index in [1.807, 2.05) is 0 Å². The molecule has 0 aromatic heterocycles. The Labute approximate surface area is 319 Å². The molecular weight excluding hydrogens is 704 g/mol. The van der Waals surface area contributed by atoms with Crippen molar-refractivity contribution in [3.63, 3.8) is 0 Å². The molecule has 7 rings (SSSR count). The SMILES string of the molecule is COC1(CCC(C)C)O[C@H]2[C@H](O)[C@H]3[C@@H]4CC[C@@H]5C[C@@H](O[C@@H]6O[C@H](CO)[C@H](O)[C@H](O)[C@H]6O[C@@H]6O[C@H](CO)[C@@H](O)[C@H](O)[C@H]6O)CC[C@]5(C)[C@H]4CC[C@]3(C)[C@H]2[C@@H]1C. The van der Waals surface area contributed by atoms with Crippen LogP contribution in [0, 0.1) is 52.3 Å². The van der Waals surface area contributed by atoms with E-state index in [0.29, 0.717) is 30.1 Å². The Morgan fingerprint density at radius 2 is 1.37 bits per heavy atom. The molecule has 3 aliphatic heterocycles. The molecule has 0 amide bonds. The number of aliphatic hydroxyl groups excluding tert-OH is 8. The minimum Gasteiger partial charge on any atom is -0.394 e. The van der Waals surface area contributed by atoms with Crippen LogP contribution < -0.4 is 0 Å². The molecule has 312 valence electrons. The molecule has 7 fully saturated rings. The van der Waals surface area contributed by atoms with E-state index in [-0.39, 0.29) is 40.8 Å². The van der Waals surface area contributed by atoms with E-state index in [1.165, 1.54) is 0 Å². The van der Waals surface area contributed by atoms with Gasteiger partial charge in [0.25, 0.3) is 0 Å². The first-order valence-corrected chi connectivity index (χ1v) is 20.7. The Bertz CT molecular complexity index is 1290. The van der Waals surface area contributed by atoms with E-state index >= 15 is 0 Å². The summed E-state index contributed by atoms with van der Waals surface area (Å²) in [5.41, 5.74) is -0.0141. The molecule has 8 N–H and O–H groups in total. The van der Waals surface area contributed by atoms with Crippen molar-refractivity contribution in [2.24, 2.45) is 52.3 Å². The molecule has 0 aromatic carbocycles. The number of rotatable bonds is 10. The van der Waals surface area contributed by atoms with Gasteiger partial charge in [-0.3, -0.25) is 0 Å². The molecule has 22 atom stereocenters. The minimum absolute atomic E-state index is 0.0323. The Morgan fingerprint density at radius 1 is 0.722 bits per heavy atom. The molecule has 14 heteroatoms. The van der Waals surface area contributed by atoms with Gasteiger partial charge >= 0.3 is 0 Å². The van der Waals surface area contributed by atoms with Crippen LogP contribution in [0.15, 0.2) is 0 Å². The second-order valence-electron chi connectivity index (χ2n) is 19.0. The molecule has 0 aromatic rings. The summed E-state index contributed by atoms with van der Waals surface area (Å²) in [5.74, 6) is 1.58. The summed E-state index contributed by atoms with van der Waals surface area (Å²) in [5, 5.41) is 84.9. The lowest BCUT2D eigenvalue weighted by Crippen LogP contribution is -2.65. The van der Waals surface area contributed by atoms with Crippen molar-refractivity contribution in [2.75, 3.05) is 20.3 Å². The molecule has 4 saturated carbocycles. The summed E-state index contributed by atoms with van der Waals surface area (Å²) in [6.45, 7) is 10.3. The maximum absolute atomic E-state index is 12.2. The second-order valence-corrected chi connectivity index (χ2v) is 19.0. The quantitative estimate of drug-likeness (QED) is 0.146. The Balaban J connectivity index is 1.04. The monoisotopic (exact) mass is 772 g/mol. The van der Waals surface area contributed by atoms with Gasteiger partial charge in [0.15, 0.2) is 18.4 Å². The summed E-state index contributed by atoms with van der Waals surface area (Å²) in [4.78, 5) is 0.